The highest BCUT2D eigenvalue weighted by Gasteiger charge is 2.91. The molecule has 0 radical (unpaired) electrons. The Morgan fingerprint density at radius 1 is 0.750 bits per heavy atom. The lowest BCUT2D eigenvalue weighted by Gasteiger charge is -2.45. The van der Waals surface area contributed by atoms with Crippen LogP contribution in [0.15, 0.2) is 24.3 Å². The Kier molecular flexibility index (Phi) is 8.73. The van der Waals surface area contributed by atoms with Gasteiger partial charge in [0.25, 0.3) is 5.91 Å². The summed E-state index contributed by atoms with van der Waals surface area (Å²) in [5.41, 5.74) is -8.47. The Balaban J connectivity index is 3.44. The van der Waals surface area contributed by atoms with Gasteiger partial charge in [0, 0.05) is 12.0 Å². The molecule has 0 saturated carbocycles. The van der Waals surface area contributed by atoms with E-state index in [4.69, 9.17) is 0 Å². The zero-order valence-electron chi connectivity index (χ0n) is 18.9. The van der Waals surface area contributed by atoms with E-state index in [1.807, 2.05) is 21.0 Å². The summed E-state index contributed by atoms with van der Waals surface area (Å²) in [7, 11) is 3.65. The number of carbonyl (C=O) groups excluding carboxylic acids is 1. The minimum Gasteiger partial charge on any atom is -0.346 e. The molecule has 0 heterocycles. The second kappa shape index (κ2) is 9.89. The molecular weight excluding hydrogens is 531 g/mol. The molecule has 0 aliphatic rings. The first-order chi connectivity index (χ1) is 15.9. The fourth-order valence-electron chi connectivity index (χ4n) is 3.09. The molecule has 0 aliphatic carbocycles. The van der Waals surface area contributed by atoms with Crippen LogP contribution in [0.2, 0.25) is 0 Å². The van der Waals surface area contributed by atoms with Crippen LogP contribution in [-0.4, -0.2) is 74.5 Å². The van der Waals surface area contributed by atoms with E-state index in [0.717, 1.165) is 0 Å². The molecule has 0 aliphatic heterocycles. The third-order valence-electron chi connectivity index (χ3n) is 5.80. The highest BCUT2D eigenvalue weighted by molar-refractivity contribution is 5.94. The highest BCUT2D eigenvalue weighted by atomic mass is 19.4. The molecule has 0 aromatic heterocycles. The van der Waals surface area contributed by atoms with Crippen LogP contribution in [0.4, 0.5) is 57.1 Å². The van der Waals surface area contributed by atoms with E-state index >= 15 is 0 Å². The number of hydrogen-bond donors (Lipinski definition) is 1. The number of benzene rings is 1. The van der Waals surface area contributed by atoms with Crippen LogP contribution >= 0.6 is 0 Å². The van der Waals surface area contributed by atoms with Crippen molar-refractivity contribution >= 4 is 5.91 Å². The van der Waals surface area contributed by atoms with Crippen molar-refractivity contribution in [1.82, 2.24) is 5.32 Å². The topological polar surface area (TPSA) is 29.1 Å². The van der Waals surface area contributed by atoms with E-state index in [1.54, 1.807) is 0 Å². The van der Waals surface area contributed by atoms with E-state index in [9.17, 15) is 61.9 Å². The molecule has 1 amide bonds. The van der Waals surface area contributed by atoms with Gasteiger partial charge in [0.1, 0.15) is 0 Å². The summed E-state index contributed by atoms with van der Waals surface area (Å²) in [5.74, 6) is -16.2. The van der Waals surface area contributed by atoms with Gasteiger partial charge in [-0.25, -0.2) is 0 Å². The van der Waals surface area contributed by atoms with Crippen molar-refractivity contribution in [3.05, 3.63) is 35.4 Å². The van der Waals surface area contributed by atoms with Gasteiger partial charge in [0.2, 0.25) is 5.41 Å². The quantitative estimate of drug-likeness (QED) is 0.295. The first-order valence-corrected chi connectivity index (χ1v) is 10.0. The van der Waals surface area contributed by atoms with Gasteiger partial charge >= 0.3 is 30.4 Å². The smallest absolute Gasteiger partial charge is 0.346 e. The molecule has 0 spiro atoms. The highest BCUT2D eigenvalue weighted by Crippen LogP contribution is 2.66. The SMILES string of the molecule is CC[N+](C)(C)CCNC(=O)c1ccc(CC(C(F)(F)F)(C(F)(F)F)C(F)(F)C(F)(F)C(F)(F)F)cc1. The molecule has 0 atom stereocenters. The van der Waals surface area contributed by atoms with Crippen molar-refractivity contribution in [2.75, 3.05) is 33.7 Å². The van der Waals surface area contributed by atoms with Gasteiger partial charge in [-0.2, -0.15) is 57.1 Å². The number of nitrogens with zero attached hydrogens (tertiary/aromatic N) is 1. The number of nitrogens with one attached hydrogen (secondary N) is 1. The first kappa shape index (κ1) is 31.8. The Bertz CT molecular complexity index is 886. The number of carbonyl (C=O) groups is 1. The molecule has 0 unspecified atom stereocenters. The molecule has 1 aromatic rings. The largest absolute Gasteiger partial charge is 0.459 e. The Hall–Kier alpha value is -2.26. The van der Waals surface area contributed by atoms with Gasteiger partial charge < -0.3 is 9.80 Å². The zero-order valence-corrected chi connectivity index (χ0v) is 18.9. The summed E-state index contributed by atoms with van der Waals surface area (Å²) >= 11 is 0. The van der Waals surface area contributed by atoms with Crippen molar-refractivity contribution in [3.63, 3.8) is 0 Å². The van der Waals surface area contributed by atoms with Crippen LogP contribution in [-0.2, 0) is 6.42 Å². The van der Waals surface area contributed by atoms with E-state index in [-0.39, 0.29) is 12.1 Å². The van der Waals surface area contributed by atoms with Gasteiger partial charge in [-0.1, -0.05) is 12.1 Å². The minimum atomic E-state index is -7.70. The number of amides is 1. The lowest BCUT2D eigenvalue weighted by molar-refractivity contribution is -0.887. The molecule has 1 N–H and O–H groups in total. The maximum atomic E-state index is 14.2. The molecule has 36 heavy (non-hydrogen) atoms. The molecule has 208 valence electrons. The van der Waals surface area contributed by atoms with Crippen LogP contribution in [0, 0.1) is 5.41 Å². The summed E-state index contributed by atoms with van der Waals surface area (Å²) in [6, 6.07) is 1.91. The molecular formula is C20H22F13N2O+. The van der Waals surface area contributed by atoms with Crippen molar-refractivity contribution in [2.24, 2.45) is 5.41 Å². The number of halogens is 13. The second-order valence-corrected chi connectivity index (χ2v) is 8.65. The summed E-state index contributed by atoms with van der Waals surface area (Å²) < 4.78 is 174. The van der Waals surface area contributed by atoms with Gasteiger partial charge in [-0.3, -0.25) is 4.79 Å². The number of quaternary nitrogens is 1. The standard InChI is InChI=1S/C20H21F13N2O/c1-4-35(2,3)10-9-34-14(36)13-7-5-12(6-8-13)11-15(18(25,26)27,19(28,29)30)16(21,22)17(23,24)20(31,32)33/h5-8H,4,9-11H2,1-3H3/p+1. The molecule has 0 fully saturated rings. The number of hydrogen-bond acceptors (Lipinski definition) is 1. The summed E-state index contributed by atoms with van der Waals surface area (Å²) in [5, 5.41) is 2.41. The predicted molar refractivity (Wildman–Crippen MR) is 100 cm³/mol. The van der Waals surface area contributed by atoms with Crippen LogP contribution in [0.25, 0.3) is 0 Å². The fraction of sp³-hybridized carbons (Fsp3) is 0.650. The van der Waals surface area contributed by atoms with Crippen LogP contribution in [0.3, 0.4) is 0 Å². The average Bonchev–Trinajstić information content (AvgIpc) is 2.69. The van der Waals surface area contributed by atoms with Gasteiger partial charge in [-0.15, -0.1) is 0 Å². The fourth-order valence-corrected chi connectivity index (χ4v) is 3.09. The van der Waals surface area contributed by atoms with Gasteiger partial charge in [0.15, 0.2) is 0 Å². The number of alkyl halides is 13. The molecule has 16 heteroatoms. The number of rotatable bonds is 9. The lowest BCUT2D eigenvalue weighted by atomic mass is 9.71. The van der Waals surface area contributed by atoms with Crippen LogP contribution < -0.4 is 5.32 Å². The third kappa shape index (κ3) is 5.83. The van der Waals surface area contributed by atoms with Crippen molar-refractivity contribution in [1.29, 1.82) is 0 Å². The van der Waals surface area contributed by atoms with Gasteiger partial charge in [-0.05, 0) is 24.6 Å². The summed E-state index contributed by atoms with van der Waals surface area (Å²) in [4.78, 5) is 12.1. The molecule has 3 nitrogen and oxygen atoms in total. The van der Waals surface area contributed by atoms with E-state index < -0.39 is 53.7 Å². The third-order valence-corrected chi connectivity index (χ3v) is 5.80. The zero-order chi connectivity index (χ0) is 28.6. The Morgan fingerprint density at radius 2 is 1.19 bits per heavy atom. The lowest BCUT2D eigenvalue weighted by Crippen LogP contribution is -2.71. The van der Waals surface area contributed by atoms with Crippen molar-refractivity contribution < 1.29 is 66.4 Å². The summed E-state index contributed by atoms with van der Waals surface area (Å²) in [6.07, 6.45) is -25.1. The monoisotopic (exact) mass is 553 g/mol. The Labute approximate surface area is 196 Å². The maximum Gasteiger partial charge on any atom is 0.459 e. The average molecular weight is 553 g/mol. The molecule has 0 bridgehead atoms. The van der Waals surface area contributed by atoms with Crippen molar-refractivity contribution in [3.8, 4) is 0 Å². The van der Waals surface area contributed by atoms with E-state index in [2.05, 4.69) is 5.32 Å². The molecule has 1 rings (SSSR count). The van der Waals surface area contributed by atoms with Crippen LogP contribution in [0.1, 0.15) is 22.8 Å². The summed E-state index contributed by atoms with van der Waals surface area (Å²) in [6.45, 7) is 3.08. The predicted octanol–water partition coefficient (Wildman–Crippen LogP) is 6.00. The first-order valence-electron chi connectivity index (χ1n) is 10.0. The normalized spacial score (nSPS) is 14.7. The minimum absolute atomic E-state index is 0.103. The number of likely N-dealkylation sites (N-methyl/N-ethyl adjacent to an activating group) is 1. The van der Waals surface area contributed by atoms with Crippen molar-refractivity contribution in [2.45, 2.75) is 43.7 Å². The Morgan fingerprint density at radius 3 is 1.56 bits per heavy atom. The van der Waals surface area contributed by atoms with Gasteiger partial charge in [0.05, 0.1) is 33.7 Å². The molecule has 0 saturated heterocycles. The molecule has 1 aromatic carbocycles. The van der Waals surface area contributed by atoms with Crippen LogP contribution in [0.5, 0.6) is 0 Å². The second-order valence-electron chi connectivity index (χ2n) is 8.65. The maximum absolute atomic E-state index is 14.2. The van der Waals surface area contributed by atoms with E-state index in [0.29, 0.717) is 41.8 Å². The van der Waals surface area contributed by atoms with E-state index in [1.165, 1.54) is 0 Å².